The van der Waals surface area contributed by atoms with Crippen molar-refractivity contribution in [3.8, 4) is 0 Å². The Hall–Kier alpha value is -1.85. The number of aliphatic hydroxyl groups excluding tert-OH is 1. The minimum atomic E-state index is -0.618. The van der Waals surface area contributed by atoms with E-state index in [2.05, 4.69) is 23.5 Å². The van der Waals surface area contributed by atoms with Gasteiger partial charge in [-0.2, -0.15) is 0 Å². The molecule has 0 radical (unpaired) electrons. The molecule has 0 aromatic carbocycles. The van der Waals surface area contributed by atoms with Gasteiger partial charge >= 0.3 is 12.5 Å². The number of carbonyl (C=O) groups is 1. The van der Waals surface area contributed by atoms with E-state index in [0.717, 1.165) is 25.7 Å². The van der Waals surface area contributed by atoms with Crippen LogP contribution in [0.3, 0.4) is 0 Å². The summed E-state index contributed by atoms with van der Waals surface area (Å²) in [5.74, 6) is 1.84. The SMILES string of the molecule is [C-]#[N+]/C=C1/CC[C@H]2[C@@H]3CC[C@H]4C[C@H](O)[C@@H](OC(=O)C[N+]#[C-])C[C@]4(C)[C@H]3CC[C@]12C. The molecule has 0 heterocycles. The van der Waals surface area contributed by atoms with Crippen LogP contribution >= 0.6 is 0 Å². The summed E-state index contributed by atoms with van der Waals surface area (Å²) in [6.07, 6.45) is 8.96. The van der Waals surface area contributed by atoms with Gasteiger partial charge in [-0.05, 0) is 85.9 Å². The number of fused-ring (bicyclic) bond motifs is 5. The third kappa shape index (κ3) is 3.19. The highest BCUT2D eigenvalue weighted by molar-refractivity contribution is 5.73. The highest BCUT2D eigenvalue weighted by atomic mass is 16.6. The molecule has 4 aliphatic carbocycles. The Morgan fingerprint density at radius 1 is 1.24 bits per heavy atom. The summed E-state index contributed by atoms with van der Waals surface area (Å²) in [7, 11) is 0. The van der Waals surface area contributed by atoms with E-state index in [9.17, 15) is 9.90 Å². The zero-order chi connectivity index (χ0) is 20.8. The van der Waals surface area contributed by atoms with Crippen LogP contribution in [0.15, 0.2) is 11.8 Å². The molecule has 4 fully saturated rings. The van der Waals surface area contributed by atoms with Gasteiger partial charge in [-0.25, -0.2) is 16.2 Å². The Labute approximate surface area is 174 Å². The third-order valence-corrected chi connectivity index (χ3v) is 9.22. The van der Waals surface area contributed by atoms with E-state index >= 15 is 0 Å². The van der Waals surface area contributed by atoms with Crippen LogP contribution in [0.1, 0.15) is 65.2 Å². The smallest absolute Gasteiger partial charge is 0.387 e. The first-order valence-electron chi connectivity index (χ1n) is 11.1. The molecule has 5 nitrogen and oxygen atoms in total. The van der Waals surface area contributed by atoms with Gasteiger partial charge in [0, 0.05) is 0 Å². The van der Waals surface area contributed by atoms with E-state index < -0.39 is 18.2 Å². The van der Waals surface area contributed by atoms with Crippen LogP contribution < -0.4 is 0 Å². The van der Waals surface area contributed by atoms with Crippen molar-refractivity contribution in [2.45, 2.75) is 77.4 Å². The molecule has 0 amide bonds. The molecule has 0 aliphatic heterocycles. The van der Waals surface area contributed by atoms with Gasteiger partial charge in [-0.15, -0.1) is 0 Å². The van der Waals surface area contributed by atoms with Crippen molar-refractivity contribution in [2.24, 2.45) is 34.5 Å². The fourth-order valence-corrected chi connectivity index (χ4v) is 7.78. The van der Waals surface area contributed by atoms with E-state index in [4.69, 9.17) is 17.9 Å². The number of allylic oxidation sites excluding steroid dienone is 1. The van der Waals surface area contributed by atoms with Gasteiger partial charge in [0.15, 0.2) is 6.20 Å². The second-order valence-corrected chi connectivity index (χ2v) is 10.3. The lowest BCUT2D eigenvalue weighted by molar-refractivity contribution is -0.180. The van der Waals surface area contributed by atoms with E-state index in [1.807, 2.05) is 0 Å². The number of ether oxygens (including phenoxy) is 1. The lowest BCUT2D eigenvalue weighted by Crippen LogP contribution is -2.57. The van der Waals surface area contributed by atoms with Crippen molar-refractivity contribution in [1.29, 1.82) is 0 Å². The van der Waals surface area contributed by atoms with Gasteiger partial charge in [0.25, 0.3) is 0 Å². The minimum absolute atomic E-state index is 0.0683. The fourth-order valence-electron chi connectivity index (χ4n) is 7.78. The third-order valence-electron chi connectivity index (χ3n) is 9.22. The van der Waals surface area contributed by atoms with Gasteiger partial charge in [0.2, 0.25) is 0 Å². The summed E-state index contributed by atoms with van der Waals surface area (Å²) in [6.45, 7) is 18.6. The van der Waals surface area contributed by atoms with Crippen molar-refractivity contribution in [1.82, 2.24) is 0 Å². The Morgan fingerprint density at radius 2 is 2.03 bits per heavy atom. The molecule has 4 rings (SSSR count). The van der Waals surface area contributed by atoms with Gasteiger partial charge in [-0.1, -0.05) is 19.4 Å². The summed E-state index contributed by atoms with van der Waals surface area (Å²) < 4.78 is 5.55. The number of hydrogen-bond acceptors (Lipinski definition) is 3. The molecule has 0 aromatic heterocycles. The molecule has 8 atom stereocenters. The van der Waals surface area contributed by atoms with Gasteiger partial charge < -0.3 is 14.7 Å². The average Bonchev–Trinajstić information content (AvgIpc) is 3.00. The standard InChI is InChI=1S/C24H32N2O3/c1-23-10-9-19-17(18(23)8-6-16(23)13-25-3)7-5-15-11-20(27)21(12-24(15,19)2)29-22(28)14-26-4/h13,15,17-21,27H,5-12,14H2,1-2H3/b16-13-/t15-,17-,18-,19-,20-,21-,23+,24-/m0/s1. The quantitative estimate of drug-likeness (QED) is 0.547. The Bertz CT molecular complexity index is 793. The number of carbonyl (C=O) groups excluding carboxylic acids is 1. The lowest BCUT2D eigenvalue weighted by Gasteiger charge is -2.61. The molecule has 156 valence electrons. The van der Waals surface area contributed by atoms with Crippen molar-refractivity contribution in [3.63, 3.8) is 0 Å². The molecule has 0 bridgehead atoms. The Kier molecular flexibility index (Phi) is 5.24. The molecule has 0 spiro atoms. The first-order valence-corrected chi connectivity index (χ1v) is 11.1. The van der Waals surface area contributed by atoms with E-state index in [1.165, 1.54) is 18.4 Å². The molecule has 0 aromatic rings. The summed E-state index contributed by atoms with van der Waals surface area (Å²) in [4.78, 5) is 18.6. The van der Waals surface area contributed by atoms with Crippen LogP contribution in [0.2, 0.25) is 0 Å². The second-order valence-electron chi connectivity index (χ2n) is 10.3. The highest BCUT2D eigenvalue weighted by Gasteiger charge is 2.60. The zero-order valence-corrected chi connectivity index (χ0v) is 17.6. The van der Waals surface area contributed by atoms with Crippen LogP contribution in [0.5, 0.6) is 0 Å². The molecule has 5 heteroatoms. The average molecular weight is 397 g/mol. The van der Waals surface area contributed by atoms with Crippen molar-refractivity contribution < 1.29 is 14.6 Å². The number of hydrogen-bond donors (Lipinski definition) is 1. The highest BCUT2D eigenvalue weighted by Crippen LogP contribution is 2.67. The summed E-state index contributed by atoms with van der Waals surface area (Å²) >= 11 is 0. The van der Waals surface area contributed by atoms with E-state index in [0.29, 0.717) is 36.5 Å². The number of esters is 1. The second kappa shape index (κ2) is 7.44. The molecular formula is C24H32N2O3. The molecule has 4 saturated carbocycles. The molecular weight excluding hydrogens is 364 g/mol. The minimum Gasteiger partial charge on any atom is -0.454 e. The topological polar surface area (TPSA) is 55.2 Å². The molecule has 29 heavy (non-hydrogen) atoms. The van der Waals surface area contributed by atoms with Crippen LogP contribution in [-0.4, -0.2) is 29.8 Å². The largest absolute Gasteiger partial charge is 0.454 e. The normalized spacial score (nSPS) is 47.3. The van der Waals surface area contributed by atoms with Gasteiger partial charge in [-0.3, -0.25) is 0 Å². The van der Waals surface area contributed by atoms with Crippen LogP contribution in [0.4, 0.5) is 0 Å². The van der Waals surface area contributed by atoms with Crippen LogP contribution in [-0.2, 0) is 9.53 Å². The number of nitrogens with zero attached hydrogens (tertiary/aromatic N) is 2. The van der Waals surface area contributed by atoms with Crippen molar-refractivity contribution in [3.05, 3.63) is 34.6 Å². The molecule has 4 aliphatic rings. The maximum Gasteiger partial charge on any atom is 0.387 e. The summed E-state index contributed by atoms with van der Waals surface area (Å²) in [5, 5.41) is 10.6. The van der Waals surface area contributed by atoms with Crippen molar-refractivity contribution in [2.75, 3.05) is 6.54 Å². The molecule has 0 unspecified atom stereocenters. The number of rotatable bonds is 2. The van der Waals surface area contributed by atoms with Crippen LogP contribution in [0.25, 0.3) is 9.69 Å². The lowest BCUT2D eigenvalue weighted by atomic mass is 9.45. The number of aliphatic hydroxyl groups is 1. The first-order chi connectivity index (χ1) is 13.8. The monoisotopic (exact) mass is 396 g/mol. The van der Waals surface area contributed by atoms with Gasteiger partial charge in [0.1, 0.15) is 6.10 Å². The maximum atomic E-state index is 11.9. The maximum absolute atomic E-state index is 11.9. The predicted molar refractivity (Wildman–Crippen MR) is 109 cm³/mol. The van der Waals surface area contributed by atoms with Gasteiger partial charge in [0.05, 0.1) is 12.7 Å². The molecule has 1 N–H and O–H groups in total. The summed E-state index contributed by atoms with van der Waals surface area (Å²) in [6, 6.07) is 0. The van der Waals surface area contributed by atoms with E-state index in [1.54, 1.807) is 6.20 Å². The zero-order valence-electron chi connectivity index (χ0n) is 17.6. The Balaban J connectivity index is 1.57. The summed E-state index contributed by atoms with van der Waals surface area (Å²) in [5.41, 5.74) is 1.59. The van der Waals surface area contributed by atoms with Crippen LogP contribution in [0, 0.1) is 47.6 Å². The van der Waals surface area contributed by atoms with E-state index in [-0.39, 0.29) is 17.4 Å². The predicted octanol–water partition coefficient (Wildman–Crippen LogP) is 4.63. The first kappa shape index (κ1) is 20.4. The molecule has 0 saturated heterocycles. The fraction of sp³-hybridized carbons (Fsp3) is 0.792. The Morgan fingerprint density at radius 3 is 2.76 bits per heavy atom. The van der Waals surface area contributed by atoms with Crippen molar-refractivity contribution >= 4 is 5.97 Å².